The standard InChI is InChI=1S/C11H20O6/c1-5(2)6(12)8(15-3)10-9(16-4)7(13)11(14)17-10/h7-14H,1-4H3/t7-,8-,9-,10-,11+/m1/s1. The molecule has 0 radical (unpaired) electrons. The normalized spacial score (nSPS) is 34.7. The van der Waals surface area contributed by atoms with Gasteiger partial charge in [0.25, 0.3) is 0 Å². The first-order chi connectivity index (χ1) is 7.93. The molecule has 0 saturated carbocycles. The number of ether oxygens (including phenoxy) is 3. The van der Waals surface area contributed by atoms with Gasteiger partial charge in [0.2, 0.25) is 0 Å². The molecule has 1 fully saturated rings. The highest BCUT2D eigenvalue weighted by Crippen LogP contribution is 2.28. The second-order valence-electron chi connectivity index (χ2n) is 4.22. The summed E-state index contributed by atoms with van der Waals surface area (Å²) in [4.78, 5) is 0. The number of hydrogen-bond acceptors (Lipinski definition) is 6. The highest BCUT2D eigenvalue weighted by Gasteiger charge is 2.48. The first-order valence-corrected chi connectivity index (χ1v) is 5.37. The molecule has 0 unspecified atom stereocenters. The molecule has 0 aliphatic carbocycles. The van der Waals surface area contributed by atoms with Crippen molar-refractivity contribution in [1.82, 2.24) is 0 Å². The van der Waals surface area contributed by atoms with E-state index in [4.69, 9.17) is 14.2 Å². The van der Waals surface area contributed by atoms with Gasteiger partial charge < -0.3 is 29.5 Å². The number of aliphatic hydroxyl groups excluding tert-OH is 3. The zero-order valence-corrected chi connectivity index (χ0v) is 10.5. The number of aliphatic hydroxyl groups is 3. The second kappa shape index (κ2) is 5.79. The average molecular weight is 248 g/mol. The third-order valence-electron chi connectivity index (χ3n) is 2.86. The molecule has 6 nitrogen and oxygen atoms in total. The van der Waals surface area contributed by atoms with Crippen molar-refractivity contribution in [2.75, 3.05) is 14.2 Å². The summed E-state index contributed by atoms with van der Waals surface area (Å²) in [6, 6.07) is 0. The molecule has 1 rings (SSSR count). The molecule has 0 aromatic heterocycles. The summed E-state index contributed by atoms with van der Waals surface area (Å²) >= 11 is 0. The van der Waals surface area contributed by atoms with Crippen LogP contribution < -0.4 is 0 Å². The molecule has 0 bridgehead atoms. The van der Waals surface area contributed by atoms with Gasteiger partial charge in [0.05, 0.1) is 0 Å². The van der Waals surface area contributed by atoms with Gasteiger partial charge in [-0.05, 0) is 19.4 Å². The van der Waals surface area contributed by atoms with Gasteiger partial charge in [0.15, 0.2) is 6.29 Å². The van der Waals surface area contributed by atoms with Crippen molar-refractivity contribution in [2.45, 2.75) is 44.6 Å². The van der Waals surface area contributed by atoms with E-state index in [0.29, 0.717) is 5.57 Å². The van der Waals surface area contributed by atoms with Gasteiger partial charge in [-0.1, -0.05) is 0 Å². The minimum absolute atomic E-state index is 0.0147. The maximum Gasteiger partial charge on any atom is 0.184 e. The van der Waals surface area contributed by atoms with Crippen molar-refractivity contribution >= 4 is 0 Å². The van der Waals surface area contributed by atoms with Gasteiger partial charge in [-0.15, -0.1) is 0 Å². The van der Waals surface area contributed by atoms with Crippen molar-refractivity contribution in [3.8, 4) is 0 Å². The number of hydrogen-bond donors (Lipinski definition) is 3. The molecular weight excluding hydrogens is 228 g/mol. The molecule has 1 aliphatic rings. The molecule has 0 aromatic rings. The van der Waals surface area contributed by atoms with Crippen LogP contribution in [-0.2, 0) is 14.2 Å². The van der Waals surface area contributed by atoms with E-state index in [1.165, 1.54) is 14.2 Å². The third kappa shape index (κ3) is 2.78. The summed E-state index contributed by atoms with van der Waals surface area (Å²) in [5, 5.41) is 29.0. The van der Waals surface area contributed by atoms with Gasteiger partial charge in [-0.25, -0.2) is 0 Å². The largest absolute Gasteiger partial charge is 0.510 e. The van der Waals surface area contributed by atoms with Gasteiger partial charge in [0, 0.05) is 14.2 Å². The maximum atomic E-state index is 9.89. The topological polar surface area (TPSA) is 88.4 Å². The van der Waals surface area contributed by atoms with Gasteiger partial charge in [-0.3, -0.25) is 0 Å². The van der Waals surface area contributed by atoms with E-state index in [1.54, 1.807) is 13.8 Å². The van der Waals surface area contributed by atoms with Gasteiger partial charge in [-0.2, -0.15) is 0 Å². The van der Waals surface area contributed by atoms with Crippen molar-refractivity contribution in [3.63, 3.8) is 0 Å². The molecule has 1 heterocycles. The van der Waals surface area contributed by atoms with Crippen LogP contribution in [0, 0.1) is 0 Å². The summed E-state index contributed by atoms with van der Waals surface area (Å²) in [5.41, 5.74) is 0.672. The predicted octanol–water partition coefficient (Wildman–Crippen LogP) is -0.0536. The van der Waals surface area contributed by atoms with E-state index in [1.807, 2.05) is 0 Å². The van der Waals surface area contributed by atoms with Crippen molar-refractivity contribution < 1.29 is 29.5 Å². The average Bonchev–Trinajstić information content (AvgIpc) is 2.56. The Morgan fingerprint density at radius 2 is 1.82 bits per heavy atom. The summed E-state index contributed by atoms with van der Waals surface area (Å²) in [5.74, 6) is 0.0147. The van der Waals surface area contributed by atoms with E-state index < -0.39 is 30.7 Å². The van der Waals surface area contributed by atoms with Crippen LogP contribution in [0.25, 0.3) is 0 Å². The Labute approximate surface area is 100 Å². The Kier molecular flexibility index (Phi) is 4.91. The van der Waals surface area contributed by atoms with E-state index in [2.05, 4.69) is 0 Å². The highest BCUT2D eigenvalue weighted by atomic mass is 16.7. The third-order valence-corrected chi connectivity index (χ3v) is 2.86. The Morgan fingerprint density at radius 1 is 1.24 bits per heavy atom. The Hall–Kier alpha value is -0.660. The summed E-state index contributed by atoms with van der Waals surface area (Å²) < 4.78 is 15.4. The fourth-order valence-electron chi connectivity index (χ4n) is 1.88. The van der Waals surface area contributed by atoms with Gasteiger partial charge in [0.1, 0.15) is 30.2 Å². The van der Waals surface area contributed by atoms with Crippen molar-refractivity contribution in [1.29, 1.82) is 0 Å². The van der Waals surface area contributed by atoms with E-state index in [-0.39, 0.29) is 5.76 Å². The first-order valence-electron chi connectivity index (χ1n) is 5.37. The van der Waals surface area contributed by atoms with E-state index in [9.17, 15) is 15.3 Å². The minimum atomic E-state index is -1.34. The van der Waals surface area contributed by atoms with Crippen LogP contribution in [0.5, 0.6) is 0 Å². The van der Waals surface area contributed by atoms with Crippen LogP contribution in [0.2, 0.25) is 0 Å². The van der Waals surface area contributed by atoms with Gasteiger partial charge >= 0.3 is 0 Å². The van der Waals surface area contributed by atoms with Crippen LogP contribution in [-0.4, -0.2) is 60.2 Å². The molecule has 0 aromatic carbocycles. The van der Waals surface area contributed by atoms with Crippen LogP contribution in [0.1, 0.15) is 13.8 Å². The smallest absolute Gasteiger partial charge is 0.184 e. The molecule has 3 N–H and O–H groups in total. The van der Waals surface area contributed by atoms with E-state index in [0.717, 1.165) is 0 Å². The lowest BCUT2D eigenvalue weighted by atomic mass is 10.0. The molecule has 1 aliphatic heterocycles. The monoisotopic (exact) mass is 248 g/mol. The number of rotatable bonds is 4. The lowest BCUT2D eigenvalue weighted by molar-refractivity contribution is -0.149. The molecular formula is C11H20O6. The van der Waals surface area contributed by atoms with Crippen LogP contribution in [0.15, 0.2) is 11.3 Å². The predicted molar refractivity (Wildman–Crippen MR) is 59.5 cm³/mol. The second-order valence-corrected chi connectivity index (χ2v) is 4.22. The maximum absolute atomic E-state index is 9.89. The Balaban J connectivity index is 2.93. The zero-order chi connectivity index (χ0) is 13.2. The number of methoxy groups -OCH3 is 2. The summed E-state index contributed by atoms with van der Waals surface area (Å²) in [6.45, 7) is 3.45. The first kappa shape index (κ1) is 14.4. The molecule has 5 atom stereocenters. The Bertz CT molecular complexity index is 286. The van der Waals surface area contributed by atoms with Crippen LogP contribution in [0.4, 0.5) is 0 Å². The molecule has 100 valence electrons. The van der Waals surface area contributed by atoms with Crippen molar-refractivity contribution in [2.24, 2.45) is 0 Å². The zero-order valence-electron chi connectivity index (χ0n) is 10.5. The highest BCUT2D eigenvalue weighted by molar-refractivity contribution is 5.11. The summed E-state index contributed by atoms with van der Waals surface area (Å²) in [7, 11) is 2.81. The lowest BCUT2D eigenvalue weighted by Gasteiger charge is -2.26. The summed E-state index contributed by atoms with van der Waals surface area (Å²) in [6.07, 6.45) is -4.79. The van der Waals surface area contributed by atoms with Crippen molar-refractivity contribution in [3.05, 3.63) is 11.3 Å². The lowest BCUT2D eigenvalue weighted by Crippen LogP contribution is -2.42. The molecule has 1 saturated heterocycles. The molecule has 17 heavy (non-hydrogen) atoms. The van der Waals surface area contributed by atoms with Crippen LogP contribution >= 0.6 is 0 Å². The SMILES string of the molecule is CO[C@@H]1[C@@H](O)[C@@H](O)O[C@@H]1[C@H](OC)C(O)=C(C)C. The van der Waals surface area contributed by atoms with Crippen LogP contribution in [0.3, 0.4) is 0 Å². The van der Waals surface area contributed by atoms with E-state index >= 15 is 0 Å². The molecule has 0 amide bonds. The number of allylic oxidation sites excluding steroid dienone is 1. The molecule has 6 heteroatoms. The minimum Gasteiger partial charge on any atom is -0.510 e. The fraction of sp³-hybridized carbons (Fsp3) is 0.818. The fourth-order valence-corrected chi connectivity index (χ4v) is 1.88. The quantitative estimate of drug-likeness (QED) is 0.604. The molecule has 0 spiro atoms. The Morgan fingerprint density at radius 3 is 2.24 bits per heavy atom.